The Labute approximate surface area is 152 Å². The van der Waals surface area contributed by atoms with Crippen LogP contribution in [-0.2, 0) is 22.2 Å². The van der Waals surface area contributed by atoms with E-state index in [4.69, 9.17) is 4.74 Å². The van der Waals surface area contributed by atoms with E-state index in [-0.39, 0.29) is 37.3 Å². The van der Waals surface area contributed by atoms with Gasteiger partial charge in [-0.2, -0.15) is 0 Å². The quantitative estimate of drug-likeness (QED) is 0.705. The SMILES string of the molecule is Cc1cc(C(C)(C)C)c(COCC(CO)(CO)CO)c(C(C)(C)C)c1. The zero-order valence-electron chi connectivity index (χ0n) is 16.9. The fourth-order valence-corrected chi connectivity index (χ4v) is 2.97. The zero-order chi connectivity index (χ0) is 19.5. The Balaban J connectivity index is 3.24. The van der Waals surface area contributed by atoms with Crippen molar-refractivity contribution in [1.29, 1.82) is 0 Å². The Hall–Kier alpha value is -0.940. The highest BCUT2D eigenvalue weighted by atomic mass is 16.5. The molecule has 4 heteroatoms. The maximum absolute atomic E-state index is 9.48. The summed E-state index contributed by atoms with van der Waals surface area (Å²) < 4.78 is 5.89. The maximum Gasteiger partial charge on any atom is 0.0722 e. The summed E-state index contributed by atoms with van der Waals surface area (Å²) in [4.78, 5) is 0. The molecule has 0 aliphatic heterocycles. The summed E-state index contributed by atoms with van der Waals surface area (Å²) in [5.74, 6) is 0. The first-order chi connectivity index (χ1) is 11.4. The topological polar surface area (TPSA) is 69.9 Å². The normalized spacial score (nSPS) is 13.4. The molecule has 0 aromatic heterocycles. The molecule has 0 atom stereocenters. The molecule has 0 saturated heterocycles. The van der Waals surface area contributed by atoms with Gasteiger partial charge in [-0.3, -0.25) is 0 Å². The molecular weight excluding hydrogens is 316 g/mol. The lowest BCUT2D eigenvalue weighted by Gasteiger charge is -2.32. The second kappa shape index (κ2) is 8.17. The van der Waals surface area contributed by atoms with Gasteiger partial charge in [0.15, 0.2) is 0 Å². The second-order valence-electron chi connectivity index (χ2n) is 9.31. The first kappa shape index (κ1) is 22.1. The highest BCUT2D eigenvalue weighted by molar-refractivity contribution is 5.45. The van der Waals surface area contributed by atoms with Gasteiger partial charge in [-0.05, 0) is 34.4 Å². The number of aryl methyl sites for hydroxylation is 1. The van der Waals surface area contributed by atoms with Crippen molar-refractivity contribution in [3.8, 4) is 0 Å². The fraction of sp³-hybridized carbons (Fsp3) is 0.714. The van der Waals surface area contributed by atoms with Gasteiger partial charge in [-0.15, -0.1) is 0 Å². The molecule has 0 amide bonds. The Bertz CT molecular complexity index is 517. The summed E-state index contributed by atoms with van der Waals surface area (Å²) in [6.45, 7) is 14.8. The summed E-state index contributed by atoms with van der Waals surface area (Å²) in [6.07, 6.45) is 0. The molecule has 3 N–H and O–H groups in total. The van der Waals surface area contributed by atoms with Crippen molar-refractivity contribution < 1.29 is 20.1 Å². The molecule has 0 unspecified atom stereocenters. The average Bonchev–Trinajstić information content (AvgIpc) is 2.51. The second-order valence-corrected chi connectivity index (χ2v) is 9.31. The van der Waals surface area contributed by atoms with Crippen LogP contribution in [0.25, 0.3) is 0 Å². The smallest absolute Gasteiger partial charge is 0.0722 e. The molecule has 0 aliphatic rings. The third kappa shape index (κ3) is 5.52. The van der Waals surface area contributed by atoms with Crippen LogP contribution in [0.2, 0.25) is 0 Å². The van der Waals surface area contributed by atoms with Crippen molar-refractivity contribution in [3.05, 3.63) is 34.4 Å². The third-order valence-electron chi connectivity index (χ3n) is 4.67. The average molecular weight is 353 g/mol. The van der Waals surface area contributed by atoms with Crippen molar-refractivity contribution in [3.63, 3.8) is 0 Å². The van der Waals surface area contributed by atoms with Crippen LogP contribution < -0.4 is 0 Å². The Morgan fingerprint density at radius 3 is 1.52 bits per heavy atom. The van der Waals surface area contributed by atoms with Crippen molar-refractivity contribution in [2.75, 3.05) is 26.4 Å². The summed E-state index contributed by atoms with van der Waals surface area (Å²) in [5, 5.41) is 28.4. The van der Waals surface area contributed by atoms with Gasteiger partial charge in [-0.1, -0.05) is 59.2 Å². The highest BCUT2D eigenvalue weighted by Crippen LogP contribution is 2.35. The minimum Gasteiger partial charge on any atom is -0.396 e. The van der Waals surface area contributed by atoms with E-state index >= 15 is 0 Å². The van der Waals surface area contributed by atoms with E-state index < -0.39 is 5.41 Å². The predicted octanol–water partition coefficient (Wildman–Crippen LogP) is 3.07. The lowest BCUT2D eigenvalue weighted by atomic mass is 9.75. The van der Waals surface area contributed by atoms with Crippen LogP contribution in [0.5, 0.6) is 0 Å². The molecule has 0 radical (unpaired) electrons. The molecule has 0 aliphatic carbocycles. The minimum absolute atomic E-state index is 0.0211. The van der Waals surface area contributed by atoms with Crippen molar-refractivity contribution in [1.82, 2.24) is 0 Å². The number of benzene rings is 1. The molecule has 1 aromatic rings. The van der Waals surface area contributed by atoms with Crippen LogP contribution in [0.3, 0.4) is 0 Å². The van der Waals surface area contributed by atoms with Gasteiger partial charge in [0.1, 0.15) is 0 Å². The van der Waals surface area contributed by atoms with Crippen LogP contribution >= 0.6 is 0 Å². The summed E-state index contributed by atoms with van der Waals surface area (Å²) in [6, 6.07) is 4.43. The van der Waals surface area contributed by atoms with E-state index in [1.54, 1.807) is 0 Å². The van der Waals surface area contributed by atoms with Gasteiger partial charge in [0.25, 0.3) is 0 Å². The Morgan fingerprint density at radius 2 is 1.20 bits per heavy atom. The largest absolute Gasteiger partial charge is 0.396 e. The number of hydrogen-bond acceptors (Lipinski definition) is 4. The standard InChI is InChI=1S/C21H36O4/c1-15-8-17(19(2,3)4)16(18(9-15)20(5,6)7)10-25-14-21(11-22,12-23)13-24/h8-9,22-24H,10-14H2,1-7H3. The molecule has 25 heavy (non-hydrogen) atoms. The van der Waals surface area contributed by atoms with E-state index in [9.17, 15) is 15.3 Å². The van der Waals surface area contributed by atoms with Crippen LogP contribution in [0.15, 0.2) is 12.1 Å². The first-order valence-corrected chi connectivity index (χ1v) is 8.95. The van der Waals surface area contributed by atoms with Crippen molar-refractivity contribution in [2.24, 2.45) is 5.41 Å². The van der Waals surface area contributed by atoms with Gasteiger partial charge >= 0.3 is 0 Å². The van der Waals surface area contributed by atoms with Gasteiger partial charge in [0.05, 0.1) is 38.4 Å². The molecule has 1 rings (SSSR count). The molecule has 144 valence electrons. The highest BCUT2D eigenvalue weighted by Gasteiger charge is 2.30. The Kier molecular flexibility index (Phi) is 7.22. The van der Waals surface area contributed by atoms with Crippen molar-refractivity contribution in [2.45, 2.75) is 65.9 Å². The molecule has 0 bridgehead atoms. The third-order valence-corrected chi connectivity index (χ3v) is 4.67. The lowest BCUT2D eigenvalue weighted by Crippen LogP contribution is -2.38. The molecule has 0 heterocycles. The van der Waals surface area contributed by atoms with Crippen LogP contribution in [0, 0.1) is 12.3 Å². The number of hydrogen-bond donors (Lipinski definition) is 3. The van der Waals surface area contributed by atoms with Gasteiger partial charge < -0.3 is 20.1 Å². The van der Waals surface area contributed by atoms with Crippen molar-refractivity contribution >= 4 is 0 Å². The fourth-order valence-electron chi connectivity index (χ4n) is 2.97. The molecule has 0 spiro atoms. The molecule has 0 saturated carbocycles. The van der Waals surface area contributed by atoms with Crippen LogP contribution in [0.1, 0.15) is 63.8 Å². The maximum atomic E-state index is 9.48. The lowest BCUT2D eigenvalue weighted by molar-refractivity contribution is -0.0624. The number of aliphatic hydroxyl groups excluding tert-OH is 3. The first-order valence-electron chi connectivity index (χ1n) is 8.95. The summed E-state index contributed by atoms with van der Waals surface area (Å²) in [5.41, 5.74) is 3.84. The predicted molar refractivity (Wildman–Crippen MR) is 102 cm³/mol. The van der Waals surface area contributed by atoms with Gasteiger partial charge in [0, 0.05) is 0 Å². The zero-order valence-corrected chi connectivity index (χ0v) is 16.9. The van der Waals surface area contributed by atoms with Crippen LogP contribution in [0.4, 0.5) is 0 Å². The number of ether oxygens (including phenoxy) is 1. The van der Waals surface area contributed by atoms with E-state index in [1.807, 2.05) is 0 Å². The van der Waals surface area contributed by atoms with Gasteiger partial charge in [0.2, 0.25) is 0 Å². The molecule has 0 fully saturated rings. The van der Waals surface area contributed by atoms with E-state index in [0.29, 0.717) is 6.61 Å². The van der Waals surface area contributed by atoms with E-state index in [2.05, 4.69) is 60.6 Å². The van der Waals surface area contributed by atoms with Crippen LogP contribution in [-0.4, -0.2) is 41.7 Å². The monoisotopic (exact) mass is 352 g/mol. The summed E-state index contributed by atoms with van der Waals surface area (Å²) in [7, 11) is 0. The number of rotatable bonds is 7. The van der Waals surface area contributed by atoms with E-state index in [1.165, 1.54) is 16.7 Å². The van der Waals surface area contributed by atoms with Gasteiger partial charge in [-0.25, -0.2) is 0 Å². The Morgan fingerprint density at radius 1 is 0.800 bits per heavy atom. The number of aliphatic hydroxyl groups is 3. The minimum atomic E-state index is -1.01. The van der Waals surface area contributed by atoms with E-state index in [0.717, 1.165) is 5.56 Å². The molecule has 4 nitrogen and oxygen atoms in total. The molecule has 1 aromatic carbocycles. The summed E-state index contributed by atoms with van der Waals surface area (Å²) >= 11 is 0. The molecular formula is C21H36O4.